The second-order valence-electron chi connectivity index (χ2n) is 5.23. The van der Waals surface area contributed by atoms with Crippen LogP contribution in [0.5, 0.6) is 0 Å². The normalized spacial score (nSPS) is 20.7. The third kappa shape index (κ3) is 3.78. The lowest BCUT2D eigenvalue weighted by Crippen LogP contribution is -2.29. The van der Waals surface area contributed by atoms with Gasteiger partial charge in [0, 0.05) is 23.7 Å². The molecule has 5 nitrogen and oxygen atoms in total. The van der Waals surface area contributed by atoms with Crippen molar-refractivity contribution in [1.82, 2.24) is 10.3 Å². The minimum absolute atomic E-state index is 0.231. The molecule has 1 atom stereocenters. The van der Waals surface area contributed by atoms with Crippen molar-refractivity contribution < 1.29 is 9.59 Å². The lowest BCUT2D eigenvalue weighted by Gasteiger charge is -2.30. The van der Waals surface area contributed by atoms with E-state index in [1.54, 1.807) is 24.4 Å². The van der Waals surface area contributed by atoms with Crippen molar-refractivity contribution in [2.45, 2.75) is 26.2 Å². The number of rotatable bonds is 5. The highest BCUT2D eigenvalue weighted by atomic mass is 16.2. The van der Waals surface area contributed by atoms with Gasteiger partial charge in [-0.3, -0.25) is 14.6 Å². The molecule has 0 bridgehead atoms. The number of hydrogen-bond donors (Lipinski definition) is 2. The number of pyridine rings is 1. The zero-order valence-corrected chi connectivity index (χ0v) is 12.0. The van der Waals surface area contributed by atoms with E-state index in [-0.39, 0.29) is 17.2 Å². The van der Waals surface area contributed by atoms with E-state index in [1.165, 1.54) is 0 Å². The molecule has 0 radical (unpaired) electrons. The Hall–Kier alpha value is -2.43. The van der Waals surface area contributed by atoms with Crippen LogP contribution in [0.25, 0.3) is 0 Å². The molecule has 0 spiro atoms. The molecular weight excluding hydrogens is 266 g/mol. The molecule has 1 unspecified atom stereocenters. The topological polar surface area (TPSA) is 85.1 Å². The van der Waals surface area contributed by atoms with Gasteiger partial charge in [-0.05, 0) is 31.1 Å². The van der Waals surface area contributed by atoms with E-state index < -0.39 is 0 Å². The van der Waals surface area contributed by atoms with Gasteiger partial charge in [0.25, 0.3) is 5.91 Å². The molecule has 110 valence electrons. The van der Waals surface area contributed by atoms with Gasteiger partial charge in [0.1, 0.15) is 5.69 Å². The number of amides is 2. The average Bonchev–Trinajstić information content (AvgIpc) is 2.50. The molecule has 0 aromatic carbocycles. The molecule has 0 aliphatic heterocycles. The predicted octanol–water partition coefficient (Wildman–Crippen LogP) is 1.93. The average molecular weight is 285 g/mol. The van der Waals surface area contributed by atoms with Crippen LogP contribution < -0.4 is 11.1 Å². The standard InChI is InChI=1S/C16H19N3O2/c1-2-16(11-14(17)20)8-6-12(7-9-16)19-15(21)13-5-3-4-10-18-13/h3-8,10H,2,9,11H2,1H3,(H2,17,20)(H,19,21). The number of nitrogens with zero attached hydrogens (tertiary/aromatic N) is 1. The summed E-state index contributed by atoms with van der Waals surface area (Å²) in [5, 5.41) is 2.81. The van der Waals surface area contributed by atoms with Crippen LogP contribution >= 0.6 is 0 Å². The second kappa shape index (κ2) is 6.35. The predicted molar refractivity (Wildman–Crippen MR) is 80.1 cm³/mol. The lowest BCUT2D eigenvalue weighted by molar-refractivity contribution is -0.119. The van der Waals surface area contributed by atoms with E-state index in [0.29, 0.717) is 18.5 Å². The Labute approximate surface area is 123 Å². The van der Waals surface area contributed by atoms with Gasteiger partial charge in [-0.15, -0.1) is 0 Å². The summed E-state index contributed by atoms with van der Waals surface area (Å²) in [6.45, 7) is 2.03. The van der Waals surface area contributed by atoms with E-state index in [0.717, 1.165) is 12.1 Å². The third-order valence-corrected chi connectivity index (χ3v) is 3.73. The summed E-state index contributed by atoms with van der Waals surface area (Å²) in [5.41, 5.74) is 6.17. The van der Waals surface area contributed by atoms with Gasteiger partial charge >= 0.3 is 0 Å². The molecule has 1 aliphatic carbocycles. The van der Waals surface area contributed by atoms with Gasteiger partial charge in [-0.25, -0.2) is 0 Å². The fourth-order valence-corrected chi connectivity index (χ4v) is 2.37. The summed E-state index contributed by atoms with van der Waals surface area (Å²) in [5.74, 6) is -0.554. The fourth-order valence-electron chi connectivity index (χ4n) is 2.37. The molecule has 5 heteroatoms. The maximum Gasteiger partial charge on any atom is 0.274 e. The molecule has 1 aromatic rings. The van der Waals surface area contributed by atoms with Gasteiger partial charge in [-0.1, -0.05) is 25.1 Å². The molecule has 1 heterocycles. The summed E-state index contributed by atoms with van der Waals surface area (Å²) in [4.78, 5) is 27.2. The van der Waals surface area contributed by atoms with E-state index in [4.69, 9.17) is 5.73 Å². The van der Waals surface area contributed by atoms with E-state index >= 15 is 0 Å². The van der Waals surface area contributed by atoms with Crippen molar-refractivity contribution in [3.63, 3.8) is 0 Å². The van der Waals surface area contributed by atoms with Crippen LogP contribution in [0.3, 0.4) is 0 Å². The Morgan fingerprint density at radius 1 is 1.43 bits per heavy atom. The van der Waals surface area contributed by atoms with Crippen LogP contribution in [0.1, 0.15) is 36.7 Å². The highest BCUT2D eigenvalue weighted by Crippen LogP contribution is 2.36. The van der Waals surface area contributed by atoms with Crippen LogP contribution in [0.4, 0.5) is 0 Å². The fraction of sp³-hybridized carbons (Fsp3) is 0.312. The van der Waals surface area contributed by atoms with Crippen molar-refractivity contribution in [1.29, 1.82) is 0 Å². The molecule has 2 amide bonds. The molecule has 21 heavy (non-hydrogen) atoms. The summed E-state index contributed by atoms with van der Waals surface area (Å²) in [7, 11) is 0. The summed E-state index contributed by atoms with van der Waals surface area (Å²) in [6, 6.07) is 5.18. The molecule has 0 fully saturated rings. The smallest absolute Gasteiger partial charge is 0.274 e. The highest BCUT2D eigenvalue weighted by molar-refractivity contribution is 5.93. The Balaban J connectivity index is 2.02. The molecule has 1 aromatic heterocycles. The number of primary amides is 1. The number of nitrogens with one attached hydrogen (secondary N) is 1. The SMILES string of the molecule is CCC1(CC(N)=O)C=CC(NC(=O)c2ccccn2)=CC1. The summed E-state index contributed by atoms with van der Waals surface area (Å²) in [6.07, 6.45) is 9.12. The van der Waals surface area contributed by atoms with Gasteiger partial charge in [0.05, 0.1) is 0 Å². The maximum absolute atomic E-state index is 12.0. The largest absolute Gasteiger partial charge is 0.370 e. The Bertz CT molecular complexity index is 593. The van der Waals surface area contributed by atoms with Crippen molar-refractivity contribution in [3.05, 3.63) is 54.0 Å². The number of carbonyl (C=O) groups excluding carboxylic acids is 2. The first kappa shape index (κ1) is 15.0. The molecule has 0 saturated carbocycles. The molecule has 2 rings (SSSR count). The number of carbonyl (C=O) groups is 2. The first-order valence-electron chi connectivity index (χ1n) is 6.95. The third-order valence-electron chi connectivity index (χ3n) is 3.73. The van der Waals surface area contributed by atoms with Crippen molar-refractivity contribution in [2.75, 3.05) is 0 Å². The van der Waals surface area contributed by atoms with Gasteiger partial charge < -0.3 is 11.1 Å². The molecular formula is C16H19N3O2. The van der Waals surface area contributed by atoms with Crippen molar-refractivity contribution >= 4 is 11.8 Å². The first-order valence-corrected chi connectivity index (χ1v) is 6.95. The minimum atomic E-state index is -0.309. The van der Waals surface area contributed by atoms with E-state index in [2.05, 4.69) is 10.3 Å². The van der Waals surface area contributed by atoms with Crippen LogP contribution in [0, 0.1) is 5.41 Å². The highest BCUT2D eigenvalue weighted by Gasteiger charge is 2.28. The summed E-state index contributed by atoms with van der Waals surface area (Å²) >= 11 is 0. The zero-order chi connectivity index (χ0) is 15.3. The quantitative estimate of drug-likeness (QED) is 0.866. The van der Waals surface area contributed by atoms with Crippen LogP contribution in [-0.2, 0) is 4.79 Å². The van der Waals surface area contributed by atoms with Crippen LogP contribution in [-0.4, -0.2) is 16.8 Å². The monoisotopic (exact) mass is 285 g/mol. The number of hydrogen-bond acceptors (Lipinski definition) is 3. The van der Waals surface area contributed by atoms with Gasteiger partial charge in [0.15, 0.2) is 0 Å². The van der Waals surface area contributed by atoms with Gasteiger partial charge in [-0.2, -0.15) is 0 Å². The second-order valence-corrected chi connectivity index (χ2v) is 5.23. The first-order chi connectivity index (χ1) is 10.0. The number of allylic oxidation sites excluding steroid dienone is 3. The maximum atomic E-state index is 12.0. The molecule has 3 N–H and O–H groups in total. The van der Waals surface area contributed by atoms with E-state index in [9.17, 15) is 9.59 Å². The zero-order valence-electron chi connectivity index (χ0n) is 12.0. The number of nitrogens with two attached hydrogens (primary N) is 1. The number of aromatic nitrogens is 1. The Morgan fingerprint density at radius 3 is 2.76 bits per heavy atom. The Kier molecular flexibility index (Phi) is 4.52. The van der Waals surface area contributed by atoms with E-state index in [1.807, 2.05) is 25.2 Å². The minimum Gasteiger partial charge on any atom is -0.370 e. The van der Waals surface area contributed by atoms with Gasteiger partial charge in [0.2, 0.25) is 5.91 Å². The Morgan fingerprint density at radius 2 is 2.24 bits per heavy atom. The van der Waals surface area contributed by atoms with Crippen molar-refractivity contribution in [2.24, 2.45) is 11.1 Å². The molecule has 0 saturated heterocycles. The molecule has 1 aliphatic rings. The summed E-state index contributed by atoms with van der Waals surface area (Å²) < 4.78 is 0. The van der Waals surface area contributed by atoms with Crippen molar-refractivity contribution in [3.8, 4) is 0 Å². The van der Waals surface area contributed by atoms with Crippen LogP contribution in [0.15, 0.2) is 48.3 Å². The van der Waals surface area contributed by atoms with Crippen LogP contribution in [0.2, 0.25) is 0 Å². The lowest BCUT2D eigenvalue weighted by atomic mass is 9.76.